The molecule has 0 fully saturated rings. The number of aromatic nitrogens is 1. The first-order valence-electron chi connectivity index (χ1n) is 6.83. The number of nitrogens with two attached hydrogens (primary N) is 1. The molecule has 3 N–H and O–H groups in total. The second-order valence-electron chi connectivity index (χ2n) is 4.61. The third-order valence-corrected chi connectivity index (χ3v) is 3.77. The molecule has 0 aliphatic heterocycles. The van der Waals surface area contributed by atoms with Crippen molar-refractivity contribution in [3.05, 3.63) is 35.3 Å². The largest absolute Gasteiger partial charge is 0.494 e. The van der Waals surface area contributed by atoms with Gasteiger partial charge in [0.05, 0.1) is 6.61 Å². The summed E-state index contributed by atoms with van der Waals surface area (Å²) in [7, 11) is 0. The number of hydrogen-bond acceptors (Lipinski definition) is 5. The number of thiazole rings is 1. The Hall–Kier alpha value is -1.34. The summed E-state index contributed by atoms with van der Waals surface area (Å²) in [5.74, 6) is 0.633. The maximum Gasteiger partial charge on any atom is 0.271 e. The normalized spacial score (nSPS) is 10.9. The summed E-state index contributed by atoms with van der Waals surface area (Å²) >= 11 is 1.44. The van der Waals surface area contributed by atoms with Crippen LogP contribution in [0.4, 0.5) is 0 Å². The molecule has 1 atom stereocenters. The number of nitrogens with one attached hydrogen (secondary N) is 1. The molecule has 2 rings (SSSR count). The van der Waals surface area contributed by atoms with Crippen LogP contribution in [0.25, 0.3) is 10.6 Å². The van der Waals surface area contributed by atoms with E-state index >= 15 is 0 Å². The van der Waals surface area contributed by atoms with E-state index in [4.69, 9.17) is 10.5 Å². The van der Waals surface area contributed by atoms with Gasteiger partial charge in [0.2, 0.25) is 0 Å². The van der Waals surface area contributed by atoms with Gasteiger partial charge in [-0.3, -0.25) is 4.79 Å². The second kappa shape index (κ2) is 10.4. The molecule has 0 bridgehead atoms. The SMILES string of the molecule is CCOc1ccc(-c2nc(C(=O)N[C@@H](C)CN)cs2)cc1.Cl.Cl. The van der Waals surface area contributed by atoms with E-state index in [0.29, 0.717) is 18.8 Å². The molecule has 2 aromatic rings. The molecule has 0 unspecified atom stereocenters. The monoisotopic (exact) mass is 377 g/mol. The number of hydrogen-bond donors (Lipinski definition) is 2. The zero-order valence-electron chi connectivity index (χ0n) is 12.9. The van der Waals surface area contributed by atoms with E-state index in [2.05, 4.69) is 10.3 Å². The van der Waals surface area contributed by atoms with E-state index in [9.17, 15) is 4.79 Å². The maximum atomic E-state index is 12.0. The summed E-state index contributed by atoms with van der Waals surface area (Å²) in [5.41, 5.74) is 6.88. The van der Waals surface area contributed by atoms with Gasteiger partial charge in [0.25, 0.3) is 5.91 Å². The molecule has 0 saturated carbocycles. The molecule has 0 radical (unpaired) electrons. The standard InChI is InChI=1S/C15H19N3O2S.2ClH/c1-3-20-12-6-4-11(5-7-12)15-18-13(9-21-15)14(19)17-10(2)8-16;;/h4-7,9-10H,3,8,16H2,1-2H3,(H,17,19);2*1H/t10-;;/m0../s1. The first kappa shape index (κ1) is 21.7. The third-order valence-electron chi connectivity index (χ3n) is 2.88. The summed E-state index contributed by atoms with van der Waals surface area (Å²) in [6.45, 7) is 4.85. The number of nitrogens with zero attached hydrogens (tertiary/aromatic N) is 1. The summed E-state index contributed by atoms with van der Waals surface area (Å²) < 4.78 is 5.40. The molecule has 1 aromatic heterocycles. The van der Waals surface area contributed by atoms with Gasteiger partial charge in [-0.1, -0.05) is 0 Å². The van der Waals surface area contributed by atoms with E-state index in [0.717, 1.165) is 16.3 Å². The van der Waals surface area contributed by atoms with Crippen LogP contribution in [0.1, 0.15) is 24.3 Å². The van der Waals surface area contributed by atoms with Gasteiger partial charge in [0.1, 0.15) is 16.5 Å². The summed E-state index contributed by atoms with van der Waals surface area (Å²) in [4.78, 5) is 16.3. The van der Waals surface area contributed by atoms with Crippen molar-refractivity contribution < 1.29 is 9.53 Å². The predicted octanol–water partition coefficient (Wildman–Crippen LogP) is 3.13. The maximum absolute atomic E-state index is 12.0. The fourth-order valence-corrected chi connectivity index (χ4v) is 2.53. The summed E-state index contributed by atoms with van der Waals surface area (Å²) in [5, 5.41) is 5.36. The molecule has 0 aliphatic rings. The van der Waals surface area contributed by atoms with Crippen molar-refractivity contribution in [2.45, 2.75) is 19.9 Å². The highest BCUT2D eigenvalue weighted by Gasteiger charge is 2.13. The molecule has 8 heteroatoms. The van der Waals surface area contributed by atoms with Gasteiger partial charge in [-0.15, -0.1) is 36.2 Å². The zero-order chi connectivity index (χ0) is 15.2. The molecular weight excluding hydrogens is 357 g/mol. The van der Waals surface area contributed by atoms with E-state index in [-0.39, 0.29) is 36.8 Å². The molecule has 23 heavy (non-hydrogen) atoms. The molecule has 0 spiro atoms. The van der Waals surface area contributed by atoms with Gasteiger partial charge in [0.15, 0.2) is 0 Å². The number of carbonyl (C=O) groups is 1. The van der Waals surface area contributed by atoms with Crippen LogP contribution >= 0.6 is 36.2 Å². The Bertz CT molecular complexity index is 605. The van der Waals surface area contributed by atoms with Crippen LogP contribution in [-0.2, 0) is 0 Å². The fraction of sp³-hybridized carbons (Fsp3) is 0.333. The zero-order valence-corrected chi connectivity index (χ0v) is 15.4. The highest BCUT2D eigenvalue weighted by atomic mass is 35.5. The molecule has 1 aromatic carbocycles. The Morgan fingerprint density at radius 1 is 1.35 bits per heavy atom. The van der Waals surface area contributed by atoms with Gasteiger partial charge in [-0.05, 0) is 38.1 Å². The van der Waals surface area contributed by atoms with E-state index in [1.807, 2.05) is 38.1 Å². The van der Waals surface area contributed by atoms with Crippen molar-refractivity contribution in [3.8, 4) is 16.3 Å². The quantitative estimate of drug-likeness (QED) is 0.810. The third kappa shape index (κ3) is 5.99. The number of rotatable bonds is 6. The molecule has 1 heterocycles. The Morgan fingerprint density at radius 2 is 2.00 bits per heavy atom. The molecule has 0 saturated heterocycles. The van der Waals surface area contributed by atoms with Crippen molar-refractivity contribution in [1.82, 2.24) is 10.3 Å². The number of halogens is 2. The molecule has 5 nitrogen and oxygen atoms in total. The Balaban J connectivity index is 0.00000242. The smallest absolute Gasteiger partial charge is 0.271 e. The lowest BCUT2D eigenvalue weighted by Crippen LogP contribution is -2.37. The molecular formula is C15H21Cl2N3O2S. The Kier molecular flexibility index (Phi) is 9.83. The number of carbonyl (C=O) groups excluding carboxylic acids is 1. The first-order valence-corrected chi connectivity index (χ1v) is 7.71. The summed E-state index contributed by atoms with van der Waals surface area (Å²) in [6.07, 6.45) is 0. The topological polar surface area (TPSA) is 77.2 Å². The average Bonchev–Trinajstić information content (AvgIpc) is 2.98. The van der Waals surface area contributed by atoms with E-state index < -0.39 is 0 Å². The van der Waals surface area contributed by atoms with Crippen molar-refractivity contribution in [2.24, 2.45) is 5.73 Å². The minimum atomic E-state index is -0.193. The number of ether oxygens (including phenoxy) is 1. The fourth-order valence-electron chi connectivity index (χ4n) is 1.73. The van der Waals surface area contributed by atoms with E-state index in [1.165, 1.54) is 11.3 Å². The van der Waals surface area contributed by atoms with Crippen molar-refractivity contribution >= 4 is 42.1 Å². The Labute approximate surface area is 152 Å². The van der Waals surface area contributed by atoms with Crippen LogP contribution in [0.2, 0.25) is 0 Å². The van der Waals surface area contributed by atoms with Crippen molar-refractivity contribution in [2.75, 3.05) is 13.2 Å². The molecule has 1 amide bonds. The van der Waals surface area contributed by atoms with Crippen LogP contribution in [0, 0.1) is 0 Å². The average molecular weight is 378 g/mol. The first-order chi connectivity index (χ1) is 10.1. The lowest BCUT2D eigenvalue weighted by Gasteiger charge is -2.09. The lowest BCUT2D eigenvalue weighted by molar-refractivity contribution is 0.0937. The van der Waals surface area contributed by atoms with Crippen molar-refractivity contribution in [3.63, 3.8) is 0 Å². The second-order valence-corrected chi connectivity index (χ2v) is 5.46. The van der Waals surface area contributed by atoms with Gasteiger partial charge in [-0.2, -0.15) is 0 Å². The highest BCUT2D eigenvalue weighted by Crippen LogP contribution is 2.25. The highest BCUT2D eigenvalue weighted by molar-refractivity contribution is 7.13. The number of amides is 1. The van der Waals surface area contributed by atoms with Crippen molar-refractivity contribution in [1.29, 1.82) is 0 Å². The van der Waals surface area contributed by atoms with E-state index in [1.54, 1.807) is 5.38 Å². The molecule has 128 valence electrons. The lowest BCUT2D eigenvalue weighted by atomic mass is 10.2. The van der Waals surface area contributed by atoms with Gasteiger partial charge < -0.3 is 15.8 Å². The van der Waals surface area contributed by atoms with Crippen LogP contribution in [-0.4, -0.2) is 30.1 Å². The Morgan fingerprint density at radius 3 is 2.57 bits per heavy atom. The number of benzene rings is 1. The van der Waals surface area contributed by atoms with Crippen LogP contribution in [0.5, 0.6) is 5.75 Å². The van der Waals surface area contributed by atoms with Crippen LogP contribution < -0.4 is 15.8 Å². The van der Waals surface area contributed by atoms with Crippen LogP contribution in [0.15, 0.2) is 29.6 Å². The van der Waals surface area contributed by atoms with Gasteiger partial charge >= 0.3 is 0 Å². The van der Waals surface area contributed by atoms with Gasteiger partial charge in [0, 0.05) is 23.5 Å². The molecule has 0 aliphatic carbocycles. The predicted molar refractivity (Wildman–Crippen MR) is 99.2 cm³/mol. The summed E-state index contributed by atoms with van der Waals surface area (Å²) in [6, 6.07) is 7.61. The van der Waals surface area contributed by atoms with Crippen LogP contribution in [0.3, 0.4) is 0 Å². The minimum Gasteiger partial charge on any atom is -0.494 e. The minimum absolute atomic E-state index is 0. The van der Waals surface area contributed by atoms with Gasteiger partial charge in [-0.25, -0.2) is 4.98 Å².